The van der Waals surface area contributed by atoms with E-state index < -0.39 is 23.0 Å². The van der Waals surface area contributed by atoms with Crippen LogP contribution in [0.4, 0.5) is 5.69 Å². The number of nitrogens with two attached hydrogens (primary N) is 1. The number of amides is 1. The molecule has 0 spiro atoms. The van der Waals surface area contributed by atoms with E-state index in [0.717, 1.165) is 5.56 Å². The van der Waals surface area contributed by atoms with E-state index in [0.29, 0.717) is 18.5 Å². The maximum Gasteiger partial charge on any atom is 0.269 e. The Hall–Kier alpha value is -2.97. The molecule has 2 aromatic carbocycles. The number of non-ortho nitro benzene ring substituents is 1. The van der Waals surface area contributed by atoms with Crippen molar-refractivity contribution >= 4 is 11.6 Å². The zero-order valence-electron chi connectivity index (χ0n) is 13.3. The molecule has 0 aromatic heterocycles. The number of nitrogens with zero attached hydrogens (tertiary/aromatic N) is 1. The maximum atomic E-state index is 12.0. The van der Waals surface area contributed by atoms with Crippen molar-refractivity contribution in [3.8, 4) is 5.75 Å². The first-order valence-corrected chi connectivity index (χ1v) is 7.62. The van der Waals surface area contributed by atoms with Crippen molar-refractivity contribution < 1.29 is 19.9 Å². The molecule has 0 heterocycles. The highest BCUT2D eigenvalue weighted by Crippen LogP contribution is 2.19. The quantitative estimate of drug-likeness (QED) is 0.436. The summed E-state index contributed by atoms with van der Waals surface area (Å²) in [7, 11) is 0. The first-order chi connectivity index (χ1) is 11.9. The Labute approximate surface area is 144 Å². The van der Waals surface area contributed by atoms with Crippen molar-refractivity contribution in [3.05, 3.63) is 69.8 Å². The summed E-state index contributed by atoms with van der Waals surface area (Å²) in [6, 6.07) is 10.6. The molecule has 2 atom stereocenters. The molecule has 0 bridgehead atoms. The number of benzene rings is 2. The summed E-state index contributed by atoms with van der Waals surface area (Å²) in [6.07, 6.45) is -0.721. The van der Waals surface area contributed by atoms with E-state index >= 15 is 0 Å². The van der Waals surface area contributed by atoms with Crippen LogP contribution in [-0.4, -0.2) is 33.6 Å². The number of carbonyl (C=O) groups is 1. The average Bonchev–Trinajstić information content (AvgIpc) is 2.62. The molecule has 2 rings (SSSR count). The van der Waals surface area contributed by atoms with Crippen LogP contribution in [0.25, 0.3) is 0 Å². The lowest BCUT2D eigenvalue weighted by atomic mass is 10.0. The number of carbonyl (C=O) groups excluding carboxylic acids is 1. The standard InChI is InChI=1S/C17H19N3O5/c18-15(16(22)12-3-5-13(6-4-12)20(24)25)17(23)19-10-9-11-1-7-14(21)8-2-11/h1-8,15-16,21-22H,9-10,18H2,(H,19,23)/t15-,16+/m1/s1. The fraction of sp³-hybridized carbons (Fsp3) is 0.235. The van der Waals surface area contributed by atoms with Gasteiger partial charge in [0, 0.05) is 18.7 Å². The average molecular weight is 345 g/mol. The van der Waals surface area contributed by atoms with Crippen LogP contribution in [0.2, 0.25) is 0 Å². The van der Waals surface area contributed by atoms with E-state index in [-0.39, 0.29) is 11.4 Å². The Morgan fingerprint density at radius 1 is 1.16 bits per heavy atom. The topological polar surface area (TPSA) is 139 Å². The molecular weight excluding hydrogens is 326 g/mol. The number of nitro groups is 1. The largest absolute Gasteiger partial charge is 0.508 e. The number of rotatable bonds is 7. The molecule has 2 aromatic rings. The summed E-state index contributed by atoms with van der Waals surface area (Å²) in [4.78, 5) is 22.1. The van der Waals surface area contributed by atoms with Crippen molar-refractivity contribution in [2.45, 2.75) is 18.6 Å². The predicted molar refractivity (Wildman–Crippen MR) is 90.9 cm³/mol. The number of phenols is 1. The van der Waals surface area contributed by atoms with Gasteiger partial charge in [0.15, 0.2) is 0 Å². The van der Waals surface area contributed by atoms with Crippen LogP contribution in [0.15, 0.2) is 48.5 Å². The van der Waals surface area contributed by atoms with E-state index in [9.17, 15) is 25.1 Å². The van der Waals surface area contributed by atoms with Gasteiger partial charge in [-0.05, 0) is 41.8 Å². The van der Waals surface area contributed by atoms with E-state index in [4.69, 9.17) is 5.73 Å². The molecule has 25 heavy (non-hydrogen) atoms. The van der Waals surface area contributed by atoms with Crippen molar-refractivity contribution in [2.75, 3.05) is 6.54 Å². The zero-order chi connectivity index (χ0) is 18.4. The van der Waals surface area contributed by atoms with Crippen molar-refractivity contribution in [3.63, 3.8) is 0 Å². The number of hydrogen-bond acceptors (Lipinski definition) is 6. The molecule has 0 radical (unpaired) electrons. The number of nitrogens with one attached hydrogen (secondary N) is 1. The number of nitro benzene ring substituents is 1. The second-order valence-corrected chi connectivity index (χ2v) is 5.53. The van der Waals surface area contributed by atoms with Gasteiger partial charge in [-0.1, -0.05) is 12.1 Å². The number of aliphatic hydroxyl groups excluding tert-OH is 1. The van der Waals surface area contributed by atoms with Gasteiger partial charge in [0.2, 0.25) is 5.91 Å². The summed E-state index contributed by atoms with van der Waals surface area (Å²) in [6.45, 7) is 0.324. The number of phenolic OH excluding ortho intramolecular Hbond substituents is 1. The highest BCUT2D eigenvalue weighted by molar-refractivity contribution is 5.82. The smallest absolute Gasteiger partial charge is 0.269 e. The summed E-state index contributed by atoms with van der Waals surface area (Å²) in [5, 5.41) is 32.6. The van der Waals surface area contributed by atoms with Gasteiger partial charge in [0.05, 0.1) is 4.92 Å². The minimum Gasteiger partial charge on any atom is -0.508 e. The van der Waals surface area contributed by atoms with Gasteiger partial charge in [0.25, 0.3) is 5.69 Å². The summed E-state index contributed by atoms with van der Waals surface area (Å²) >= 11 is 0. The minimum absolute atomic E-state index is 0.108. The van der Waals surface area contributed by atoms with Crippen LogP contribution in [-0.2, 0) is 11.2 Å². The highest BCUT2D eigenvalue weighted by Gasteiger charge is 2.24. The van der Waals surface area contributed by atoms with Gasteiger partial charge in [-0.3, -0.25) is 14.9 Å². The first-order valence-electron chi connectivity index (χ1n) is 7.62. The van der Waals surface area contributed by atoms with Gasteiger partial charge in [0.1, 0.15) is 17.9 Å². The minimum atomic E-state index is -1.27. The van der Waals surface area contributed by atoms with Crippen LogP contribution in [0.1, 0.15) is 17.2 Å². The van der Waals surface area contributed by atoms with Crippen molar-refractivity contribution in [1.29, 1.82) is 0 Å². The highest BCUT2D eigenvalue weighted by atomic mass is 16.6. The third-order valence-corrected chi connectivity index (χ3v) is 3.74. The fourth-order valence-electron chi connectivity index (χ4n) is 2.25. The molecule has 8 nitrogen and oxygen atoms in total. The molecule has 0 saturated carbocycles. The molecule has 132 valence electrons. The number of hydrogen-bond donors (Lipinski definition) is 4. The Kier molecular flexibility index (Phi) is 6.04. The van der Waals surface area contributed by atoms with E-state index in [1.54, 1.807) is 24.3 Å². The van der Waals surface area contributed by atoms with Gasteiger partial charge in [-0.15, -0.1) is 0 Å². The second-order valence-electron chi connectivity index (χ2n) is 5.53. The van der Waals surface area contributed by atoms with Gasteiger partial charge in [-0.25, -0.2) is 0 Å². The second kappa shape index (κ2) is 8.22. The molecule has 0 fully saturated rings. The lowest BCUT2D eigenvalue weighted by Crippen LogP contribution is -2.45. The molecule has 5 N–H and O–H groups in total. The number of aromatic hydroxyl groups is 1. The van der Waals surface area contributed by atoms with Crippen LogP contribution < -0.4 is 11.1 Å². The van der Waals surface area contributed by atoms with Crippen LogP contribution in [0, 0.1) is 10.1 Å². The summed E-state index contributed by atoms with van der Waals surface area (Å²) in [5.41, 5.74) is 6.91. The van der Waals surface area contributed by atoms with Gasteiger partial charge in [-0.2, -0.15) is 0 Å². The maximum absolute atomic E-state index is 12.0. The third-order valence-electron chi connectivity index (χ3n) is 3.74. The van der Waals surface area contributed by atoms with Crippen LogP contribution >= 0.6 is 0 Å². The predicted octanol–water partition coefficient (Wildman–Crippen LogP) is 1.02. The summed E-state index contributed by atoms with van der Waals surface area (Å²) < 4.78 is 0. The Bertz CT molecular complexity index is 731. The normalized spacial score (nSPS) is 13.0. The lowest BCUT2D eigenvalue weighted by Gasteiger charge is -2.18. The van der Waals surface area contributed by atoms with Crippen molar-refractivity contribution in [1.82, 2.24) is 5.32 Å². The molecule has 0 aliphatic rings. The molecule has 1 amide bonds. The molecular formula is C17H19N3O5. The Balaban J connectivity index is 1.87. The molecule has 0 aliphatic carbocycles. The molecule has 0 aliphatic heterocycles. The number of aliphatic hydroxyl groups is 1. The third kappa shape index (κ3) is 5.00. The van der Waals surface area contributed by atoms with E-state index in [2.05, 4.69) is 5.32 Å². The Morgan fingerprint density at radius 2 is 1.76 bits per heavy atom. The van der Waals surface area contributed by atoms with Gasteiger partial charge >= 0.3 is 0 Å². The Morgan fingerprint density at radius 3 is 2.32 bits per heavy atom. The van der Waals surface area contributed by atoms with E-state index in [1.165, 1.54) is 24.3 Å². The monoisotopic (exact) mass is 345 g/mol. The van der Waals surface area contributed by atoms with Crippen LogP contribution in [0.5, 0.6) is 5.75 Å². The molecule has 0 saturated heterocycles. The molecule has 8 heteroatoms. The van der Waals surface area contributed by atoms with Crippen molar-refractivity contribution in [2.24, 2.45) is 5.73 Å². The first kappa shape index (κ1) is 18.4. The van der Waals surface area contributed by atoms with E-state index in [1.807, 2.05) is 0 Å². The SMILES string of the molecule is N[C@@H](C(=O)NCCc1ccc(O)cc1)[C@@H](O)c1ccc([N+](=O)[O-])cc1. The zero-order valence-corrected chi connectivity index (χ0v) is 13.3. The summed E-state index contributed by atoms with van der Waals surface area (Å²) in [5.74, 6) is -0.356. The van der Waals surface area contributed by atoms with Crippen LogP contribution in [0.3, 0.4) is 0 Å². The van der Waals surface area contributed by atoms with Gasteiger partial charge < -0.3 is 21.3 Å². The lowest BCUT2D eigenvalue weighted by molar-refractivity contribution is -0.384. The fourth-order valence-corrected chi connectivity index (χ4v) is 2.25. The molecule has 0 unspecified atom stereocenters.